The van der Waals surface area contributed by atoms with Crippen LogP contribution in [0.25, 0.3) is 21.2 Å². The standard InChI is InChI=1S/C32H33NOS/c1-21-10-15-27-28(19-21)35-32(31(34)29-23(3)7-5-8-24(29)4)30(27)26-13-11-25(12-14-26)9-6-17-33-18-16-22(2)20-33/h7,10-15,19,22H,6,9,16-18,20H2,1-4H3. The van der Waals surface area contributed by atoms with E-state index in [-0.39, 0.29) is 5.78 Å². The molecule has 1 aromatic heterocycles. The van der Waals surface area contributed by atoms with Crippen molar-refractivity contribution in [2.24, 2.45) is 5.92 Å². The highest BCUT2D eigenvalue weighted by atomic mass is 32.1. The molecule has 0 radical (unpaired) electrons. The number of hydrogen-bond donors (Lipinski definition) is 0. The highest BCUT2D eigenvalue weighted by Crippen LogP contribution is 2.41. The van der Waals surface area contributed by atoms with Gasteiger partial charge in [-0.05, 0) is 93.4 Å². The first-order valence-electron chi connectivity index (χ1n) is 12.7. The highest BCUT2D eigenvalue weighted by Gasteiger charge is 2.25. The lowest BCUT2D eigenvalue weighted by Crippen LogP contribution is -2.21. The van der Waals surface area contributed by atoms with Crippen molar-refractivity contribution in [3.05, 3.63) is 92.7 Å². The quantitative estimate of drug-likeness (QED) is 0.253. The molecule has 0 spiro atoms. The van der Waals surface area contributed by atoms with Gasteiger partial charge in [0.05, 0.1) is 4.88 Å². The minimum Gasteiger partial charge on any atom is -0.303 e. The third kappa shape index (κ3) is 4.92. The number of carbonyl (C=O) groups excluding carboxylic acids is 1. The Labute approximate surface area is 213 Å². The van der Waals surface area contributed by atoms with Crippen LogP contribution < -0.4 is 0 Å². The van der Waals surface area contributed by atoms with Crippen LogP contribution in [-0.2, 0) is 6.42 Å². The minimum atomic E-state index is 0.0861. The molecule has 0 saturated carbocycles. The third-order valence-electron chi connectivity index (χ3n) is 7.29. The van der Waals surface area contributed by atoms with Gasteiger partial charge in [0.15, 0.2) is 0 Å². The number of hydrogen-bond acceptors (Lipinski definition) is 3. The van der Waals surface area contributed by atoms with Gasteiger partial charge in [0.2, 0.25) is 5.78 Å². The fourth-order valence-electron chi connectivity index (χ4n) is 5.37. The van der Waals surface area contributed by atoms with Crippen LogP contribution in [0.2, 0.25) is 0 Å². The first kappa shape index (κ1) is 23.8. The number of carbonyl (C=O) groups is 1. The van der Waals surface area contributed by atoms with Crippen molar-refractivity contribution in [1.82, 2.24) is 4.90 Å². The summed E-state index contributed by atoms with van der Waals surface area (Å²) in [5.74, 6) is 0.929. The van der Waals surface area contributed by atoms with Crippen molar-refractivity contribution in [3.8, 4) is 11.1 Å². The average Bonchev–Trinajstić information content (AvgIpc) is 3.42. The third-order valence-corrected chi connectivity index (χ3v) is 8.44. The predicted octanol–water partition coefficient (Wildman–Crippen LogP) is 7.92. The number of aryl methyl sites for hydroxylation is 2. The van der Waals surface area contributed by atoms with E-state index in [1.807, 2.05) is 19.9 Å². The number of allylic oxidation sites excluding steroid dienone is 4. The summed E-state index contributed by atoms with van der Waals surface area (Å²) < 4.78 is 1.16. The lowest BCUT2D eigenvalue weighted by atomic mass is 9.91. The van der Waals surface area contributed by atoms with E-state index in [0.29, 0.717) is 0 Å². The molecule has 1 atom stereocenters. The number of fused-ring (bicyclic) bond motifs is 1. The predicted molar refractivity (Wildman–Crippen MR) is 148 cm³/mol. The summed E-state index contributed by atoms with van der Waals surface area (Å²) >= 11 is 1.61. The molecule has 3 heteroatoms. The van der Waals surface area contributed by atoms with Gasteiger partial charge in [-0.2, -0.15) is 0 Å². The number of benzene rings is 2. The Morgan fingerprint density at radius 1 is 1.11 bits per heavy atom. The molecular weight excluding hydrogens is 446 g/mol. The zero-order valence-corrected chi connectivity index (χ0v) is 22.0. The summed E-state index contributed by atoms with van der Waals surface area (Å²) in [6, 6.07) is 15.4. The molecule has 1 aliphatic heterocycles. The van der Waals surface area contributed by atoms with E-state index in [0.717, 1.165) is 55.1 Å². The molecule has 1 saturated heterocycles. The Kier molecular flexibility index (Phi) is 6.78. The van der Waals surface area contributed by atoms with Gasteiger partial charge >= 0.3 is 0 Å². The fraction of sp³-hybridized carbons (Fsp3) is 0.344. The Balaban J connectivity index is 1.45. The summed E-state index contributed by atoms with van der Waals surface area (Å²) in [6.45, 7) is 12.1. The molecular formula is C32H33NOS. The van der Waals surface area contributed by atoms with Crippen molar-refractivity contribution in [1.29, 1.82) is 0 Å². The van der Waals surface area contributed by atoms with E-state index in [1.165, 1.54) is 43.6 Å². The monoisotopic (exact) mass is 479 g/mol. The summed E-state index contributed by atoms with van der Waals surface area (Å²) in [5, 5.41) is 1.15. The molecule has 1 aliphatic carbocycles. The molecule has 2 nitrogen and oxygen atoms in total. The van der Waals surface area contributed by atoms with Crippen LogP contribution in [0.4, 0.5) is 0 Å². The van der Waals surface area contributed by atoms with E-state index in [9.17, 15) is 4.79 Å². The molecule has 0 amide bonds. The summed E-state index contributed by atoms with van der Waals surface area (Å²) in [5.41, 5.74) is 13.4. The van der Waals surface area contributed by atoms with Gasteiger partial charge in [-0.3, -0.25) is 4.79 Å². The van der Waals surface area contributed by atoms with Gasteiger partial charge in [-0.1, -0.05) is 54.8 Å². The van der Waals surface area contributed by atoms with Gasteiger partial charge in [-0.25, -0.2) is 0 Å². The summed E-state index contributed by atoms with van der Waals surface area (Å²) in [4.78, 5) is 17.3. The summed E-state index contributed by atoms with van der Waals surface area (Å²) in [7, 11) is 0. The van der Waals surface area contributed by atoms with Crippen LogP contribution in [0, 0.1) is 12.8 Å². The fourth-order valence-corrected chi connectivity index (χ4v) is 6.64. The minimum absolute atomic E-state index is 0.0861. The summed E-state index contributed by atoms with van der Waals surface area (Å²) in [6.07, 6.45) is 5.48. The maximum Gasteiger partial charge on any atom is 0.204 e. The first-order chi connectivity index (χ1) is 16.9. The van der Waals surface area contributed by atoms with Crippen LogP contribution in [0.5, 0.6) is 0 Å². The van der Waals surface area contributed by atoms with Crippen LogP contribution in [0.1, 0.15) is 54.4 Å². The number of likely N-dealkylation sites (tertiary alicyclic amines) is 1. The van der Waals surface area contributed by atoms with Gasteiger partial charge in [-0.15, -0.1) is 11.3 Å². The maximum atomic E-state index is 13.9. The second-order valence-electron chi connectivity index (χ2n) is 10.2. The molecule has 1 unspecified atom stereocenters. The lowest BCUT2D eigenvalue weighted by Gasteiger charge is -2.15. The van der Waals surface area contributed by atoms with E-state index in [1.54, 1.807) is 11.3 Å². The van der Waals surface area contributed by atoms with Gasteiger partial charge in [0.1, 0.15) is 0 Å². The van der Waals surface area contributed by atoms with Crippen molar-refractivity contribution < 1.29 is 4.79 Å². The Morgan fingerprint density at radius 3 is 2.63 bits per heavy atom. The molecule has 0 N–H and O–H groups in total. The van der Waals surface area contributed by atoms with Crippen LogP contribution in [-0.4, -0.2) is 30.3 Å². The Bertz CT molecular complexity index is 1420. The number of nitrogens with zero attached hydrogens (tertiary/aromatic N) is 1. The van der Waals surface area contributed by atoms with Gasteiger partial charge in [0.25, 0.3) is 0 Å². The van der Waals surface area contributed by atoms with E-state index < -0.39 is 0 Å². The zero-order chi connectivity index (χ0) is 24.5. The van der Waals surface area contributed by atoms with Crippen LogP contribution in [0.3, 0.4) is 0 Å². The van der Waals surface area contributed by atoms with Crippen molar-refractivity contribution >= 4 is 27.2 Å². The molecule has 178 valence electrons. The van der Waals surface area contributed by atoms with E-state index in [2.05, 4.69) is 72.7 Å². The topological polar surface area (TPSA) is 20.3 Å². The molecule has 0 bridgehead atoms. The number of thiophene rings is 1. The largest absolute Gasteiger partial charge is 0.303 e. The van der Waals surface area contributed by atoms with Crippen LogP contribution >= 0.6 is 11.3 Å². The smallest absolute Gasteiger partial charge is 0.204 e. The first-order valence-corrected chi connectivity index (χ1v) is 13.5. The second-order valence-corrected chi connectivity index (χ2v) is 11.3. The van der Waals surface area contributed by atoms with E-state index >= 15 is 0 Å². The molecule has 5 rings (SSSR count). The van der Waals surface area contributed by atoms with Gasteiger partial charge < -0.3 is 4.90 Å². The molecule has 2 heterocycles. The normalized spacial score (nSPS) is 18.1. The molecule has 2 aromatic carbocycles. The molecule has 1 fully saturated rings. The second kappa shape index (κ2) is 9.97. The number of Topliss-reactive ketones (excluding diaryl/α,β-unsaturated/α-hetero) is 1. The van der Waals surface area contributed by atoms with Crippen molar-refractivity contribution in [2.75, 3.05) is 19.6 Å². The average molecular weight is 480 g/mol. The maximum absolute atomic E-state index is 13.9. The SMILES string of the molecule is CC1=C=C=CC(C)=C1C(=O)c1sc2cc(C)ccc2c1-c1ccc(CCCN2CCC(C)C2)cc1. The van der Waals surface area contributed by atoms with Crippen molar-refractivity contribution in [2.45, 2.75) is 47.0 Å². The molecule has 2 aliphatic rings. The van der Waals surface area contributed by atoms with Crippen LogP contribution in [0.15, 0.2) is 76.7 Å². The zero-order valence-electron chi connectivity index (χ0n) is 21.2. The number of ketones is 1. The molecule has 3 aromatic rings. The highest BCUT2D eigenvalue weighted by molar-refractivity contribution is 7.21. The number of rotatable bonds is 7. The lowest BCUT2D eigenvalue weighted by molar-refractivity contribution is 0.104. The van der Waals surface area contributed by atoms with Gasteiger partial charge in [0, 0.05) is 33.3 Å². The van der Waals surface area contributed by atoms with E-state index in [4.69, 9.17) is 0 Å². The van der Waals surface area contributed by atoms with Crippen molar-refractivity contribution in [3.63, 3.8) is 0 Å². The Hall–Kier alpha value is -2.93. The Morgan fingerprint density at radius 2 is 1.91 bits per heavy atom. The molecule has 35 heavy (non-hydrogen) atoms.